The van der Waals surface area contributed by atoms with Gasteiger partial charge in [-0.1, -0.05) is 26.0 Å². The average molecular weight is 462 g/mol. The molecule has 0 spiro atoms. The van der Waals surface area contributed by atoms with Crippen LogP contribution >= 0.6 is 0 Å². The third-order valence-electron chi connectivity index (χ3n) is 4.34. The molecule has 2 heterocycles. The molecule has 0 amide bonds. The Bertz CT molecular complexity index is 844. The van der Waals surface area contributed by atoms with Gasteiger partial charge in [0.2, 0.25) is 0 Å². The Kier molecular flexibility index (Phi) is 9.61. The van der Waals surface area contributed by atoms with Crippen molar-refractivity contribution in [1.29, 1.82) is 0 Å². The Morgan fingerprint density at radius 1 is 1.17 bits per heavy atom. The number of aromatic nitrogens is 1. The molecule has 2 rings (SSSR count). The number of halogens is 7. The van der Waals surface area contributed by atoms with Crippen LogP contribution in [0.5, 0.6) is 5.88 Å². The van der Waals surface area contributed by atoms with Crippen molar-refractivity contribution in [2.45, 2.75) is 45.6 Å². The van der Waals surface area contributed by atoms with Gasteiger partial charge in [0.05, 0.1) is 0 Å². The van der Waals surface area contributed by atoms with Crippen molar-refractivity contribution in [1.82, 2.24) is 4.98 Å². The molecule has 160 valence electrons. The Hall–Kier alpha value is -0.884. The number of alkyl halides is 6. The van der Waals surface area contributed by atoms with Crippen molar-refractivity contribution >= 4 is 5.57 Å². The monoisotopic (exact) mass is 462 g/mol. The van der Waals surface area contributed by atoms with Gasteiger partial charge in [0.25, 0.3) is 5.88 Å². The van der Waals surface area contributed by atoms with Gasteiger partial charge in [0.15, 0.2) is 11.9 Å². The smallest absolute Gasteiger partial charge is 0.664 e. The molecule has 0 N–H and O–H groups in total. The van der Waals surface area contributed by atoms with Crippen LogP contribution in [0.3, 0.4) is 0 Å². The zero-order valence-electron chi connectivity index (χ0n) is 16.7. The minimum atomic E-state index is -4.70. The molecular weight excluding hydrogens is 444 g/mol. The molecule has 3 nitrogen and oxygen atoms in total. The number of nitrogens with zero attached hydrogens (tertiary/aromatic N) is 2. The van der Waals surface area contributed by atoms with E-state index in [0.29, 0.717) is 6.92 Å². The maximum absolute atomic E-state index is 14.2. The Balaban J connectivity index is 0.00000450. The summed E-state index contributed by atoms with van der Waals surface area (Å²) in [7, 11) is 0. The van der Waals surface area contributed by atoms with E-state index in [0.717, 1.165) is 24.5 Å². The molecule has 30 heavy (non-hydrogen) atoms. The summed E-state index contributed by atoms with van der Waals surface area (Å²) in [5.74, 6) is -2.83. The molecule has 0 radical (unpaired) electrons. The molecule has 2 atom stereocenters. The predicted octanol–water partition coefficient (Wildman–Crippen LogP) is 3.70. The molecule has 1 aromatic heterocycles. The molecule has 0 aromatic carbocycles. The van der Waals surface area contributed by atoms with Crippen molar-refractivity contribution in [3.63, 3.8) is 0 Å². The summed E-state index contributed by atoms with van der Waals surface area (Å²) in [6.07, 6.45) is -6.68. The molecular formula is C19H18F7KN2O. The summed E-state index contributed by atoms with van der Waals surface area (Å²) >= 11 is 0. The minimum Gasteiger partial charge on any atom is -0.664 e. The van der Waals surface area contributed by atoms with Crippen LogP contribution in [-0.2, 0) is 0 Å². The van der Waals surface area contributed by atoms with Gasteiger partial charge in [0, 0.05) is 17.3 Å². The van der Waals surface area contributed by atoms with Gasteiger partial charge in [0.1, 0.15) is 0 Å². The van der Waals surface area contributed by atoms with Crippen LogP contribution in [0.15, 0.2) is 41.9 Å². The predicted molar refractivity (Wildman–Crippen MR) is 93.4 cm³/mol. The van der Waals surface area contributed by atoms with E-state index in [1.807, 2.05) is 0 Å². The first-order valence-electron chi connectivity index (χ1n) is 8.64. The summed E-state index contributed by atoms with van der Waals surface area (Å²) < 4.78 is 96.6. The Labute approximate surface area is 211 Å². The average Bonchev–Trinajstić information content (AvgIpc) is 2.61. The fraction of sp³-hybridized carbons (Fsp3) is 0.421. The summed E-state index contributed by atoms with van der Waals surface area (Å²) in [5.41, 5.74) is -0.865. The minimum absolute atomic E-state index is 0. The molecule has 0 bridgehead atoms. The third kappa shape index (κ3) is 6.81. The molecule has 1 aliphatic heterocycles. The van der Waals surface area contributed by atoms with Crippen LogP contribution < -0.4 is 56.1 Å². The Morgan fingerprint density at radius 2 is 1.80 bits per heavy atom. The normalized spacial score (nSPS) is 18.0. The SMILES string of the molecule is CCC(C)/C(=C1/C=C(c2cnc(OC(C)C(F)(F)F)c(F)c2)C=C[N-]1)C(F)(F)F.[K+]. The summed E-state index contributed by atoms with van der Waals surface area (Å²) in [4.78, 5) is 3.54. The van der Waals surface area contributed by atoms with Gasteiger partial charge in [-0.25, -0.2) is 9.37 Å². The van der Waals surface area contributed by atoms with Crippen LogP contribution in [-0.4, -0.2) is 23.4 Å². The number of allylic oxidation sites excluding steroid dienone is 4. The number of ether oxygens (including phenoxy) is 1. The summed E-state index contributed by atoms with van der Waals surface area (Å²) in [5, 5.41) is 3.79. The first kappa shape index (κ1) is 27.2. The van der Waals surface area contributed by atoms with Crippen LogP contribution in [0.2, 0.25) is 0 Å². The standard InChI is InChI=1S/C19H18F7N2O.K/c1-4-10(2)16(19(24,25)26)15-8-12(5-6-27-15)13-7-14(20)17(28-9-13)29-11(3)18(21,22)23;/h5-11H,4H2,1-3H3;/q-1;+1/b16-15+;. The van der Waals surface area contributed by atoms with E-state index in [-0.39, 0.29) is 74.6 Å². The van der Waals surface area contributed by atoms with E-state index in [2.05, 4.69) is 15.0 Å². The van der Waals surface area contributed by atoms with Gasteiger partial charge < -0.3 is 10.1 Å². The van der Waals surface area contributed by atoms with Crippen molar-refractivity contribution in [3.05, 3.63) is 58.6 Å². The van der Waals surface area contributed by atoms with Gasteiger partial charge in [-0.2, -0.15) is 32.5 Å². The van der Waals surface area contributed by atoms with Crippen molar-refractivity contribution in [3.8, 4) is 5.88 Å². The fourth-order valence-electron chi connectivity index (χ4n) is 2.54. The molecule has 0 fully saturated rings. The maximum Gasteiger partial charge on any atom is 1.00 e. The molecule has 11 heteroatoms. The van der Waals surface area contributed by atoms with Crippen LogP contribution in [0.4, 0.5) is 30.7 Å². The van der Waals surface area contributed by atoms with Gasteiger partial charge in [-0.3, -0.25) is 0 Å². The second-order valence-electron chi connectivity index (χ2n) is 6.46. The number of hydrogen-bond donors (Lipinski definition) is 0. The first-order valence-corrected chi connectivity index (χ1v) is 8.64. The summed E-state index contributed by atoms with van der Waals surface area (Å²) in [6.45, 7) is 3.74. The quantitative estimate of drug-likeness (QED) is 0.494. The van der Waals surface area contributed by atoms with Crippen molar-refractivity contribution < 1.29 is 86.9 Å². The van der Waals surface area contributed by atoms with Crippen LogP contribution in [0.1, 0.15) is 32.8 Å². The van der Waals surface area contributed by atoms with E-state index in [9.17, 15) is 30.7 Å². The number of hydrogen-bond acceptors (Lipinski definition) is 2. The zero-order valence-corrected chi connectivity index (χ0v) is 19.8. The molecule has 0 saturated heterocycles. The van der Waals surface area contributed by atoms with E-state index < -0.39 is 41.6 Å². The van der Waals surface area contributed by atoms with Crippen molar-refractivity contribution in [2.75, 3.05) is 0 Å². The summed E-state index contributed by atoms with van der Waals surface area (Å²) in [6, 6.07) is 0.848. The zero-order chi connectivity index (χ0) is 22.0. The van der Waals surface area contributed by atoms with E-state index in [4.69, 9.17) is 0 Å². The largest absolute Gasteiger partial charge is 1.00 e. The van der Waals surface area contributed by atoms with E-state index in [1.165, 1.54) is 13.0 Å². The van der Waals surface area contributed by atoms with Crippen molar-refractivity contribution in [2.24, 2.45) is 5.92 Å². The molecule has 1 aliphatic rings. The van der Waals surface area contributed by atoms with Crippen LogP contribution in [0, 0.1) is 11.7 Å². The molecule has 2 unspecified atom stereocenters. The maximum atomic E-state index is 14.2. The topological polar surface area (TPSA) is 36.2 Å². The third-order valence-corrected chi connectivity index (χ3v) is 4.34. The van der Waals surface area contributed by atoms with Crippen LogP contribution in [0.25, 0.3) is 10.9 Å². The van der Waals surface area contributed by atoms with E-state index in [1.54, 1.807) is 6.92 Å². The molecule has 0 saturated carbocycles. The second-order valence-corrected chi connectivity index (χ2v) is 6.46. The first-order chi connectivity index (χ1) is 13.3. The molecule has 1 aromatic rings. The van der Waals surface area contributed by atoms with E-state index >= 15 is 0 Å². The Morgan fingerprint density at radius 3 is 2.30 bits per heavy atom. The second kappa shape index (κ2) is 10.6. The molecule has 0 aliphatic carbocycles. The van der Waals surface area contributed by atoms with Gasteiger partial charge in [-0.05, 0) is 30.9 Å². The van der Waals surface area contributed by atoms with Gasteiger partial charge >= 0.3 is 63.7 Å². The van der Waals surface area contributed by atoms with Gasteiger partial charge in [-0.15, -0.1) is 5.70 Å². The fourth-order valence-corrected chi connectivity index (χ4v) is 2.54. The number of rotatable bonds is 5. The number of pyridine rings is 1.